The molecule has 1 fully saturated rings. The minimum atomic E-state index is -0.343. The summed E-state index contributed by atoms with van der Waals surface area (Å²) in [6, 6.07) is 12.2. The molecule has 1 amide bonds. The predicted octanol–water partition coefficient (Wildman–Crippen LogP) is 4.66. The SMILES string of the molecule is COC(=O)Cn1c(C)c(C2CCC(NC(=O)c3cnc4ccccc4n3)CC2)c2cc(F)ccc21. The smallest absolute Gasteiger partial charge is 0.325 e. The molecule has 0 saturated heterocycles. The lowest BCUT2D eigenvalue weighted by molar-refractivity contribution is -0.141. The summed E-state index contributed by atoms with van der Waals surface area (Å²) in [6.07, 6.45) is 4.81. The molecule has 35 heavy (non-hydrogen) atoms. The Labute approximate surface area is 202 Å². The lowest BCUT2D eigenvalue weighted by Gasteiger charge is -2.29. The van der Waals surface area contributed by atoms with Crippen LogP contribution in [0.3, 0.4) is 0 Å². The van der Waals surface area contributed by atoms with Gasteiger partial charge in [0.15, 0.2) is 0 Å². The van der Waals surface area contributed by atoms with Crippen molar-refractivity contribution in [2.75, 3.05) is 7.11 Å². The second-order valence-electron chi connectivity index (χ2n) is 9.09. The normalized spacial score (nSPS) is 18.0. The van der Waals surface area contributed by atoms with E-state index in [1.165, 1.54) is 19.4 Å². The topological polar surface area (TPSA) is 86.1 Å². The number of aromatic nitrogens is 3. The molecule has 4 aromatic rings. The van der Waals surface area contributed by atoms with Gasteiger partial charge in [0.25, 0.3) is 5.91 Å². The molecule has 1 aliphatic rings. The number of nitrogens with one attached hydrogen (secondary N) is 1. The van der Waals surface area contributed by atoms with Gasteiger partial charge in [0.1, 0.15) is 18.1 Å². The van der Waals surface area contributed by atoms with Crippen LogP contribution in [-0.4, -0.2) is 39.6 Å². The Balaban J connectivity index is 1.32. The van der Waals surface area contributed by atoms with E-state index in [2.05, 4.69) is 15.3 Å². The first-order valence-corrected chi connectivity index (χ1v) is 11.8. The van der Waals surface area contributed by atoms with E-state index in [4.69, 9.17) is 4.74 Å². The van der Waals surface area contributed by atoms with E-state index in [0.29, 0.717) is 11.2 Å². The third kappa shape index (κ3) is 4.48. The van der Waals surface area contributed by atoms with Crippen LogP contribution in [0.1, 0.15) is 53.3 Å². The maximum absolute atomic E-state index is 14.2. The molecule has 0 atom stereocenters. The van der Waals surface area contributed by atoms with E-state index >= 15 is 0 Å². The molecule has 7 nitrogen and oxygen atoms in total. The Morgan fingerprint density at radius 3 is 2.60 bits per heavy atom. The highest BCUT2D eigenvalue weighted by atomic mass is 19.1. The fraction of sp³-hybridized carbons (Fsp3) is 0.333. The highest BCUT2D eigenvalue weighted by molar-refractivity contribution is 5.94. The van der Waals surface area contributed by atoms with Gasteiger partial charge < -0.3 is 14.6 Å². The van der Waals surface area contributed by atoms with Crippen LogP contribution >= 0.6 is 0 Å². The number of halogens is 1. The number of methoxy groups -OCH3 is 1. The molecule has 0 unspecified atom stereocenters. The lowest BCUT2D eigenvalue weighted by Crippen LogP contribution is -2.37. The van der Waals surface area contributed by atoms with Crippen molar-refractivity contribution >= 4 is 33.8 Å². The monoisotopic (exact) mass is 474 g/mol. The van der Waals surface area contributed by atoms with Crippen LogP contribution in [0.4, 0.5) is 4.39 Å². The summed E-state index contributed by atoms with van der Waals surface area (Å²) >= 11 is 0. The number of nitrogens with zero attached hydrogens (tertiary/aromatic N) is 3. The Hall–Kier alpha value is -3.81. The van der Waals surface area contributed by atoms with Crippen molar-refractivity contribution < 1.29 is 18.7 Å². The van der Waals surface area contributed by atoms with E-state index in [1.54, 1.807) is 12.1 Å². The molecular weight excluding hydrogens is 447 g/mol. The molecule has 5 rings (SSSR count). The van der Waals surface area contributed by atoms with Gasteiger partial charge >= 0.3 is 5.97 Å². The van der Waals surface area contributed by atoms with Crippen LogP contribution in [0, 0.1) is 12.7 Å². The molecule has 1 saturated carbocycles. The van der Waals surface area contributed by atoms with Crippen LogP contribution in [0.15, 0.2) is 48.7 Å². The molecule has 180 valence electrons. The van der Waals surface area contributed by atoms with E-state index in [-0.39, 0.29) is 36.2 Å². The summed E-state index contributed by atoms with van der Waals surface area (Å²) in [4.78, 5) is 33.6. The number of carbonyl (C=O) groups is 2. The fourth-order valence-electron chi connectivity index (χ4n) is 5.25. The molecule has 2 aromatic carbocycles. The van der Waals surface area contributed by atoms with Crippen molar-refractivity contribution in [2.24, 2.45) is 0 Å². The van der Waals surface area contributed by atoms with Gasteiger partial charge in [-0.15, -0.1) is 0 Å². The first kappa shape index (κ1) is 23.0. The van der Waals surface area contributed by atoms with Gasteiger partial charge in [0, 0.05) is 22.6 Å². The van der Waals surface area contributed by atoms with Gasteiger partial charge in [-0.25, -0.2) is 9.37 Å². The van der Waals surface area contributed by atoms with Gasteiger partial charge in [-0.2, -0.15) is 0 Å². The lowest BCUT2D eigenvalue weighted by atomic mass is 9.80. The van der Waals surface area contributed by atoms with Crippen molar-refractivity contribution in [3.05, 3.63) is 71.4 Å². The standard InChI is InChI=1S/C27H27FN4O3/c1-16-26(20-13-18(28)9-12-24(20)32(16)15-25(33)35-2)17-7-10-19(11-8-17)30-27(34)23-14-29-21-5-3-4-6-22(21)31-23/h3-6,9,12-14,17,19H,7-8,10-11,15H2,1-2H3,(H,30,34). The van der Waals surface area contributed by atoms with Gasteiger partial charge in [-0.3, -0.25) is 14.6 Å². The fourth-order valence-corrected chi connectivity index (χ4v) is 5.25. The highest BCUT2D eigenvalue weighted by Gasteiger charge is 2.29. The van der Waals surface area contributed by atoms with Crippen LogP contribution in [0.25, 0.3) is 21.9 Å². The largest absolute Gasteiger partial charge is 0.468 e. The number of hydrogen-bond acceptors (Lipinski definition) is 5. The average molecular weight is 475 g/mol. The third-order valence-corrected chi connectivity index (χ3v) is 7.00. The Bertz CT molecular complexity index is 1420. The van der Waals surface area contributed by atoms with E-state index in [9.17, 15) is 14.0 Å². The summed E-state index contributed by atoms with van der Waals surface area (Å²) in [5.74, 6) is -0.651. The zero-order chi connectivity index (χ0) is 24.5. The first-order valence-electron chi connectivity index (χ1n) is 11.8. The molecule has 0 aliphatic heterocycles. The molecule has 8 heteroatoms. The van der Waals surface area contributed by atoms with Gasteiger partial charge in [0.2, 0.25) is 0 Å². The number of para-hydroxylation sites is 2. The van der Waals surface area contributed by atoms with E-state index < -0.39 is 0 Å². The van der Waals surface area contributed by atoms with Crippen molar-refractivity contribution in [2.45, 2.75) is 51.1 Å². The van der Waals surface area contributed by atoms with Gasteiger partial charge in [-0.05, 0) is 74.4 Å². The van der Waals surface area contributed by atoms with Crippen LogP contribution in [0.5, 0.6) is 0 Å². The van der Waals surface area contributed by atoms with Gasteiger partial charge in [0.05, 0.1) is 24.3 Å². The quantitative estimate of drug-likeness (QED) is 0.425. The van der Waals surface area contributed by atoms with Crippen molar-refractivity contribution in [1.29, 1.82) is 0 Å². The Morgan fingerprint density at radius 2 is 1.86 bits per heavy atom. The molecule has 2 aromatic heterocycles. The number of carbonyl (C=O) groups excluding carboxylic acids is 2. The molecule has 0 spiro atoms. The van der Waals surface area contributed by atoms with Crippen molar-refractivity contribution in [3.8, 4) is 0 Å². The zero-order valence-corrected chi connectivity index (χ0v) is 19.8. The first-order chi connectivity index (χ1) is 16.9. The average Bonchev–Trinajstić information content (AvgIpc) is 3.14. The van der Waals surface area contributed by atoms with Crippen LogP contribution < -0.4 is 5.32 Å². The summed E-state index contributed by atoms with van der Waals surface area (Å²) < 4.78 is 20.9. The number of fused-ring (bicyclic) bond motifs is 2. The summed E-state index contributed by atoms with van der Waals surface area (Å²) in [7, 11) is 1.36. The Morgan fingerprint density at radius 1 is 1.11 bits per heavy atom. The summed E-state index contributed by atoms with van der Waals surface area (Å²) in [5.41, 5.74) is 4.61. The maximum Gasteiger partial charge on any atom is 0.325 e. The van der Waals surface area contributed by atoms with Gasteiger partial charge in [-0.1, -0.05) is 12.1 Å². The third-order valence-electron chi connectivity index (χ3n) is 7.00. The van der Waals surface area contributed by atoms with E-state index in [1.807, 2.05) is 35.8 Å². The van der Waals surface area contributed by atoms with Crippen LogP contribution in [-0.2, 0) is 16.1 Å². The predicted molar refractivity (Wildman–Crippen MR) is 131 cm³/mol. The number of ether oxygens (including phenoxy) is 1. The molecule has 0 radical (unpaired) electrons. The molecule has 1 N–H and O–H groups in total. The summed E-state index contributed by atoms with van der Waals surface area (Å²) in [5, 5.41) is 3.94. The van der Waals surface area contributed by atoms with Crippen molar-refractivity contribution in [1.82, 2.24) is 19.9 Å². The number of rotatable bonds is 5. The Kier molecular flexibility index (Phi) is 6.19. The minimum absolute atomic E-state index is 0.0347. The number of amides is 1. The second kappa shape index (κ2) is 9.44. The number of benzene rings is 2. The molecule has 1 aliphatic carbocycles. The minimum Gasteiger partial charge on any atom is -0.468 e. The second-order valence-corrected chi connectivity index (χ2v) is 9.09. The van der Waals surface area contributed by atoms with Crippen molar-refractivity contribution in [3.63, 3.8) is 0 Å². The maximum atomic E-state index is 14.2. The number of hydrogen-bond donors (Lipinski definition) is 1. The number of esters is 1. The summed E-state index contributed by atoms with van der Waals surface area (Å²) in [6.45, 7) is 2.06. The molecule has 0 bridgehead atoms. The van der Waals surface area contributed by atoms with Crippen LogP contribution in [0.2, 0.25) is 0 Å². The zero-order valence-electron chi connectivity index (χ0n) is 19.8. The molecule has 2 heterocycles. The molecular formula is C27H27FN4O3. The highest BCUT2D eigenvalue weighted by Crippen LogP contribution is 2.40. The van der Waals surface area contributed by atoms with E-state index in [0.717, 1.165) is 53.4 Å².